The molecule has 1 N–H and O–H groups in total. The van der Waals surface area contributed by atoms with Gasteiger partial charge < -0.3 is 14.2 Å². The van der Waals surface area contributed by atoms with Gasteiger partial charge in [0.25, 0.3) is 0 Å². The number of nitrogens with one attached hydrogen (secondary N) is 1. The summed E-state index contributed by atoms with van der Waals surface area (Å²) in [5.41, 5.74) is 3.09. The molecule has 94 valence electrons. The largest absolute Gasteiger partial charge is 0.370 e. The van der Waals surface area contributed by atoms with Crippen molar-refractivity contribution in [1.29, 1.82) is 0 Å². The van der Waals surface area contributed by atoms with Gasteiger partial charge in [-0.2, -0.15) is 0 Å². The monoisotopic (exact) mass is 237 g/mol. The Morgan fingerprint density at radius 3 is 2.71 bits per heavy atom. The van der Waals surface area contributed by atoms with E-state index in [1.807, 2.05) is 13.0 Å². The van der Waals surface area contributed by atoms with Crippen LogP contribution in [0.2, 0.25) is 0 Å². The van der Waals surface area contributed by atoms with E-state index in [0.717, 1.165) is 56.9 Å². The van der Waals surface area contributed by atoms with Crippen molar-refractivity contribution in [2.45, 2.75) is 20.4 Å². The first-order chi connectivity index (χ1) is 8.22. The van der Waals surface area contributed by atoms with Crippen LogP contribution in [0.1, 0.15) is 21.7 Å². The Balaban J connectivity index is 1.98. The zero-order valence-corrected chi connectivity index (χ0v) is 10.7. The van der Waals surface area contributed by atoms with Crippen molar-refractivity contribution in [1.82, 2.24) is 4.57 Å². The molecule has 1 aliphatic heterocycles. The summed E-state index contributed by atoms with van der Waals surface area (Å²) in [6.45, 7) is 10.1. The van der Waals surface area contributed by atoms with Gasteiger partial charge in [-0.15, -0.1) is 0 Å². The van der Waals surface area contributed by atoms with Gasteiger partial charge in [0, 0.05) is 17.0 Å². The van der Waals surface area contributed by atoms with Crippen molar-refractivity contribution in [3.05, 3.63) is 23.0 Å². The molecule has 2 rings (SSSR count). The molecule has 0 amide bonds. The van der Waals surface area contributed by atoms with Crippen LogP contribution in [-0.4, -0.2) is 43.7 Å². The standard InChI is InChI=1S/C13H20N2O2/c1-11-9-13(10-16)12(2)15(11)4-3-14-5-7-17-8-6-14/h9-10H,3-8H2,1-2H3/p+1. The second-order valence-electron chi connectivity index (χ2n) is 4.71. The third-order valence-electron chi connectivity index (χ3n) is 3.63. The third kappa shape index (κ3) is 2.76. The first-order valence-electron chi connectivity index (χ1n) is 6.25. The first-order valence-corrected chi connectivity index (χ1v) is 6.25. The maximum Gasteiger partial charge on any atom is 0.151 e. The minimum Gasteiger partial charge on any atom is -0.370 e. The van der Waals surface area contributed by atoms with Crippen LogP contribution in [-0.2, 0) is 11.3 Å². The number of hydrogen-bond donors (Lipinski definition) is 1. The number of quaternary nitrogens is 1. The minimum atomic E-state index is 0.819. The number of hydrogen-bond acceptors (Lipinski definition) is 2. The lowest BCUT2D eigenvalue weighted by Crippen LogP contribution is -3.14. The number of carbonyl (C=O) groups excluding carboxylic acids is 1. The maximum atomic E-state index is 10.9. The van der Waals surface area contributed by atoms with Crippen molar-refractivity contribution in [3.63, 3.8) is 0 Å². The van der Waals surface area contributed by atoms with Crippen LogP contribution in [0.25, 0.3) is 0 Å². The Labute approximate surface area is 102 Å². The molecule has 2 heterocycles. The summed E-state index contributed by atoms with van der Waals surface area (Å²) >= 11 is 0. The van der Waals surface area contributed by atoms with Crippen LogP contribution in [0.3, 0.4) is 0 Å². The van der Waals surface area contributed by atoms with Crippen molar-refractivity contribution in [2.75, 3.05) is 32.8 Å². The fourth-order valence-corrected chi connectivity index (χ4v) is 2.47. The van der Waals surface area contributed by atoms with Crippen molar-refractivity contribution >= 4 is 6.29 Å². The number of carbonyl (C=O) groups is 1. The van der Waals surface area contributed by atoms with Gasteiger partial charge in [0.2, 0.25) is 0 Å². The maximum absolute atomic E-state index is 10.9. The predicted molar refractivity (Wildman–Crippen MR) is 65.7 cm³/mol. The molecule has 0 aromatic carbocycles. The van der Waals surface area contributed by atoms with Gasteiger partial charge >= 0.3 is 0 Å². The molecule has 0 spiro atoms. The van der Waals surface area contributed by atoms with Gasteiger partial charge in [-0.3, -0.25) is 4.79 Å². The third-order valence-corrected chi connectivity index (χ3v) is 3.63. The molecule has 17 heavy (non-hydrogen) atoms. The van der Waals surface area contributed by atoms with Crippen molar-refractivity contribution in [3.8, 4) is 0 Å². The number of aryl methyl sites for hydroxylation is 1. The molecule has 4 nitrogen and oxygen atoms in total. The van der Waals surface area contributed by atoms with Gasteiger partial charge in [0.15, 0.2) is 6.29 Å². The van der Waals surface area contributed by atoms with E-state index in [1.165, 1.54) is 5.69 Å². The average molecular weight is 237 g/mol. The number of aromatic nitrogens is 1. The molecule has 0 aliphatic carbocycles. The SMILES string of the molecule is Cc1cc(C=O)c(C)n1CC[NH+]1CCOCC1. The number of aldehydes is 1. The van der Waals surface area contributed by atoms with E-state index in [4.69, 9.17) is 4.74 Å². The topological polar surface area (TPSA) is 35.7 Å². The minimum absolute atomic E-state index is 0.819. The molecule has 0 radical (unpaired) electrons. The lowest BCUT2D eigenvalue weighted by molar-refractivity contribution is -0.908. The summed E-state index contributed by atoms with van der Waals surface area (Å²) in [5.74, 6) is 0. The molecule has 0 unspecified atom stereocenters. The molecule has 0 saturated carbocycles. The van der Waals surface area contributed by atoms with E-state index < -0.39 is 0 Å². The Morgan fingerprint density at radius 1 is 1.41 bits per heavy atom. The molecule has 1 saturated heterocycles. The van der Waals surface area contributed by atoms with Gasteiger partial charge in [-0.05, 0) is 19.9 Å². The van der Waals surface area contributed by atoms with Gasteiger partial charge in [-0.25, -0.2) is 0 Å². The van der Waals surface area contributed by atoms with Crippen LogP contribution in [0.5, 0.6) is 0 Å². The first kappa shape index (κ1) is 12.3. The molecule has 0 bridgehead atoms. The van der Waals surface area contributed by atoms with E-state index in [-0.39, 0.29) is 0 Å². The van der Waals surface area contributed by atoms with Gasteiger partial charge in [0.1, 0.15) is 13.1 Å². The highest BCUT2D eigenvalue weighted by atomic mass is 16.5. The zero-order valence-electron chi connectivity index (χ0n) is 10.7. The fourth-order valence-electron chi connectivity index (χ4n) is 2.47. The number of nitrogens with zero attached hydrogens (tertiary/aromatic N) is 1. The predicted octanol–water partition coefficient (Wildman–Crippen LogP) is -0.167. The molecular weight excluding hydrogens is 216 g/mol. The highest BCUT2D eigenvalue weighted by molar-refractivity contribution is 5.77. The van der Waals surface area contributed by atoms with E-state index in [1.54, 1.807) is 4.90 Å². The number of rotatable bonds is 4. The summed E-state index contributed by atoms with van der Waals surface area (Å²) < 4.78 is 7.59. The van der Waals surface area contributed by atoms with Crippen LogP contribution in [0.4, 0.5) is 0 Å². The molecule has 1 aromatic heterocycles. The van der Waals surface area contributed by atoms with E-state index in [2.05, 4.69) is 11.5 Å². The summed E-state index contributed by atoms with van der Waals surface area (Å²) in [4.78, 5) is 12.5. The molecule has 0 atom stereocenters. The van der Waals surface area contributed by atoms with Crippen LogP contribution >= 0.6 is 0 Å². The highest BCUT2D eigenvalue weighted by Crippen LogP contribution is 2.12. The molecular formula is C13H21N2O2+. The smallest absolute Gasteiger partial charge is 0.151 e. The Bertz CT molecular complexity index is 392. The average Bonchev–Trinajstić information content (AvgIpc) is 2.63. The Hall–Kier alpha value is -1.13. The molecule has 1 aliphatic rings. The van der Waals surface area contributed by atoms with Crippen molar-refractivity contribution in [2.24, 2.45) is 0 Å². The summed E-state index contributed by atoms with van der Waals surface area (Å²) in [5, 5.41) is 0. The van der Waals surface area contributed by atoms with E-state index in [0.29, 0.717) is 0 Å². The second kappa shape index (κ2) is 5.47. The molecule has 1 fully saturated rings. The summed E-state index contributed by atoms with van der Waals surface area (Å²) in [7, 11) is 0. The lowest BCUT2D eigenvalue weighted by atomic mass is 10.3. The molecule has 4 heteroatoms. The Kier molecular flexibility index (Phi) is 3.97. The van der Waals surface area contributed by atoms with Crippen molar-refractivity contribution < 1.29 is 14.4 Å². The number of morpholine rings is 1. The number of ether oxygens (including phenoxy) is 1. The molecule has 1 aromatic rings. The van der Waals surface area contributed by atoms with Gasteiger partial charge in [-0.1, -0.05) is 0 Å². The summed E-state index contributed by atoms with van der Waals surface area (Å²) in [6.07, 6.45) is 0.945. The van der Waals surface area contributed by atoms with E-state index >= 15 is 0 Å². The zero-order chi connectivity index (χ0) is 12.3. The van der Waals surface area contributed by atoms with Crippen LogP contribution in [0.15, 0.2) is 6.07 Å². The van der Waals surface area contributed by atoms with Crippen LogP contribution in [0, 0.1) is 13.8 Å². The highest BCUT2D eigenvalue weighted by Gasteiger charge is 2.15. The van der Waals surface area contributed by atoms with Crippen LogP contribution < -0.4 is 4.90 Å². The quantitative estimate of drug-likeness (QED) is 0.738. The second-order valence-corrected chi connectivity index (χ2v) is 4.71. The summed E-state index contributed by atoms with van der Waals surface area (Å²) in [6, 6.07) is 1.97. The Morgan fingerprint density at radius 2 is 2.12 bits per heavy atom. The van der Waals surface area contributed by atoms with E-state index in [9.17, 15) is 4.79 Å². The lowest BCUT2D eigenvalue weighted by Gasteiger charge is -2.24. The normalized spacial score (nSPS) is 17.3. The van der Waals surface area contributed by atoms with Gasteiger partial charge in [0.05, 0.1) is 26.3 Å². The fraction of sp³-hybridized carbons (Fsp3) is 0.615.